The molecule has 0 spiro atoms. The van der Waals surface area contributed by atoms with Gasteiger partial charge < -0.3 is 5.11 Å². The Labute approximate surface area is 97.6 Å². The fourth-order valence-corrected chi connectivity index (χ4v) is 1.78. The Morgan fingerprint density at radius 1 is 1.14 bits per heavy atom. The Hall–Kier alpha value is -0.390. The summed E-state index contributed by atoms with van der Waals surface area (Å²) in [5.74, 6) is 5.52. The van der Waals surface area contributed by atoms with Crippen molar-refractivity contribution in [3.8, 4) is 11.8 Å². The Kier molecular flexibility index (Phi) is 4.57. The molecule has 0 amide bonds. The maximum absolute atomic E-state index is 8.54. The lowest BCUT2D eigenvalue weighted by Gasteiger charge is -1.99. The molecular weight excluding hydrogens is 242 g/mol. The highest BCUT2D eigenvalue weighted by molar-refractivity contribution is 6.39. The molecule has 0 aromatic heterocycles. The molecule has 1 aromatic carbocycles. The molecule has 0 fully saturated rings. The lowest BCUT2D eigenvalue weighted by atomic mass is 10.2. The Balaban J connectivity index is 3.04. The number of aliphatic hydroxyl groups excluding tert-OH is 1. The van der Waals surface area contributed by atoms with Gasteiger partial charge in [0.15, 0.2) is 0 Å². The lowest BCUT2D eigenvalue weighted by Crippen LogP contribution is -1.82. The quantitative estimate of drug-likeness (QED) is 0.757. The molecule has 0 saturated heterocycles. The van der Waals surface area contributed by atoms with Crippen LogP contribution in [0.15, 0.2) is 12.1 Å². The van der Waals surface area contributed by atoms with Gasteiger partial charge in [-0.25, -0.2) is 0 Å². The molecule has 0 heterocycles. The van der Waals surface area contributed by atoms with E-state index in [1.165, 1.54) is 0 Å². The number of hydrogen-bond acceptors (Lipinski definition) is 1. The second-order valence-corrected chi connectivity index (χ2v) is 3.77. The first-order valence-corrected chi connectivity index (χ1v) is 5.03. The molecule has 0 bridgehead atoms. The standard InChI is InChI=1S/C10H7Cl3O/c11-7-5-9(12)8(10(13)6-7)3-1-2-4-14/h5-6,14H,2,4H2. The topological polar surface area (TPSA) is 20.2 Å². The monoisotopic (exact) mass is 248 g/mol. The highest BCUT2D eigenvalue weighted by Crippen LogP contribution is 2.27. The van der Waals surface area contributed by atoms with E-state index >= 15 is 0 Å². The van der Waals surface area contributed by atoms with Crippen molar-refractivity contribution < 1.29 is 5.11 Å². The van der Waals surface area contributed by atoms with E-state index in [2.05, 4.69) is 11.8 Å². The minimum atomic E-state index is 0.0236. The highest BCUT2D eigenvalue weighted by Gasteiger charge is 2.04. The van der Waals surface area contributed by atoms with E-state index in [4.69, 9.17) is 39.9 Å². The maximum Gasteiger partial charge on any atom is 0.0619 e. The molecule has 0 aliphatic rings. The zero-order chi connectivity index (χ0) is 10.6. The zero-order valence-electron chi connectivity index (χ0n) is 7.15. The molecule has 1 rings (SSSR count). The van der Waals surface area contributed by atoms with E-state index in [0.29, 0.717) is 27.1 Å². The van der Waals surface area contributed by atoms with Gasteiger partial charge in [0, 0.05) is 11.4 Å². The first-order valence-electron chi connectivity index (χ1n) is 3.89. The summed E-state index contributed by atoms with van der Waals surface area (Å²) in [5, 5.41) is 9.86. The second kappa shape index (κ2) is 5.48. The number of rotatable bonds is 1. The van der Waals surface area contributed by atoms with Crippen LogP contribution in [0.4, 0.5) is 0 Å². The number of aliphatic hydroxyl groups is 1. The molecule has 14 heavy (non-hydrogen) atoms. The minimum Gasteiger partial charge on any atom is -0.395 e. The summed E-state index contributed by atoms with van der Waals surface area (Å²) in [7, 11) is 0. The molecule has 0 atom stereocenters. The van der Waals surface area contributed by atoms with Crippen LogP contribution >= 0.6 is 34.8 Å². The van der Waals surface area contributed by atoms with Crippen molar-refractivity contribution in [3.63, 3.8) is 0 Å². The van der Waals surface area contributed by atoms with Gasteiger partial charge in [0.25, 0.3) is 0 Å². The van der Waals surface area contributed by atoms with E-state index in [0.717, 1.165) is 0 Å². The van der Waals surface area contributed by atoms with E-state index in [9.17, 15) is 0 Å². The van der Waals surface area contributed by atoms with Gasteiger partial charge in [-0.05, 0) is 12.1 Å². The van der Waals surface area contributed by atoms with Gasteiger partial charge in [0.2, 0.25) is 0 Å². The van der Waals surface area contributed by atoms with Crippen molar-refractivity contribution in [2.75, 3.05) is 6.61 Å². The average Bonchev–Trinajstić information content (AvgIpc) is 2.09. The van der Waals surface area contributed by atoms with Crippen LogP contribution < -0.4 is 0 Å². The van der Waals surface area contributed by atoms with Crippen LogP contribution in [0.3, 0.4) is 0 Å². The maximum atomic E-state index is 8.54. The highest BCUT2D eigenvalue weighted by atomic mass is 35.5. The number of hydrogen-bond donors (Lipinski definition) is 1. The molecule has 0 aliphatic carbocycles. The van der Waals surface area contributed by atoms with Gasteiger partial charge in [0.1, 0.15) is 0 Å². The number of benzene rings is 1. The molecule has 4 heteroatoms. The Bertz CT molecular complexity index is 367. The SMILES string of the molecule is OCCC#Cc1c(Cl)cc(Cl)cc1Cl. The predicted octanol–water partition coefficient (Wildman–Crippen LogP) is 3.38. The van der Waals surface area contributed by atoms with Gasteiger partial charge in [-0.2, -0.15) is 0 Å². The molecule has 0 radical (unpaired) electrons. The molecule has 0 saturated carbocycles. The number of halogens is 3. The van der Waals surface area contributed by atoms with Gasteiger partial charge in [-0.15, -0.1) is 0 Å². The summed E-state index contributed by atoms with van der Waals surface area (Å²) in [6, 6.07) is 3.16. The van der Waals surface area contributed by atoms with Crippen LogP contribution in [0.1, 0.15) is 12.0 Å². The fraction of sp³-hybridized carbons (Fsp3) is 0.200. The van der Waals surface area contributed by atoms with E-state index in [1.807, 2.05) is 0 Å². The molecule has 1 N–H and O–H groups in total. The van der Waals surface area contributed by atoms with Gasteiger partial charge in [0.05, 0.1) is 22.2 Å². The normalized spacial score (nSPS) is 9.43. The first kappa shape index (κ1) is 11.7. The van der Waals surface area contributed by atoms with Crippen LogP contribution in [0.2, 0.25) is 15.1 Å². The largest absolute Gasteiger partial charge is 0.395 e. The first-order chi connectivity index (χ1) is 6.65. The van der Waals surface area contributed by atoms with Crippen LogP contribution in [-0.2, 0) is 0 Å². The molecular formula is C10H7Cl3O. The molecule has 1 aromatic rings. The van der Waals surface area contributed by atoms with Gasteiger partial charge in [-0.3, -0.25) is 0 Å². The van der Waals surface area contributed by atoms with E-state index < -0.39 is 0 Å². The van der Waals surface area contributed by atoms with Crippen molar-refractivity contribution in [3.05, 3.63) is 32.8 Å². The summed E-state index contributed by atoms with van der Waals surface area (Å²) in [6.45, 7) is 0.0236. The molecule has 74 valence electrons. The smallest absolute Gasteiger partial charge is 0.0619 e. The summed E-state index contributed by atoms with van der Waals surface area (Å²) in [4.78, 5) is 0. The third kappa shape index (κ3) is 3.08. The lowest BCUT2D eigenvalue weighted by molar-refractivity contribution is 0.305. The third-order valence-electron chi connectivity index (χ3n) is 1.46. The summed E-state index contributed by atoms with van der Waals surface area (Å²) in [5.41, 5.74) is 0.547. The van der Waals surface area contributed by atoms with Crippen molar-refractivity contribution >= 4 is 34.8 Å². The van der Waals surface area contributed by atoms with Crippen LogP contribution in [0.25, 0.3) is 0 Å². The van der Waals surface area contributed by atoms with Crippen LogP contribution in [0.5, 0.6) is 0 Å². The minimum absolute atomic E-state index is 0.0236. The third-order valence-corrected chi connectivity index (χ3v) is 2.27. The van der Waals surface area contributed by atoms with Crippen molar-refractivity contribution in [1.82, 2.24) is 0 Å². The molecule has 1 nitrogen and oxygen atoms in total. The van der Waals surface area contributed by atoms with E-state index in [1.54, 1.807) is 12.1 Å². The fourth-order valence-electron chi connectivity index (χ4n) is 0.868. The van der Waals surface area contributed by atoms with Crippen molar-refractivity contribution in [2.24, 2.45) is 0 Å². The Morgan fingerprint density at radius 2 is 1.71 bits per heavy atom. The van der Waals surface area contributed by atoms with Crippen LogP contribution in [0, 0.1) is 11.8 Å². The van der Waals surface area contributed by atoms with Gasteiger partial charge >= 0.3 is 0 Å². The average molecular weight is 250 g/mol. The Morgan fingerprint density at radius 3 is 2.21 bits per heavy atom. The predicted molar refractivity (Wildman–Crippen MR) is 60.1 cm³/mol. The summed E-state index contributed by atoms with van der Waals surface area (Å²) in [6.07, 6.45) is 0.398. The second-order valence-electron chi connectivity index (χ2n) is 2.52. The van der Waals surface area contributed by atoms with Crippen LogP contribution in [-0.4, -0.2) is 11.7 Å². The van der Waals surface area contributed by atoms with Crippen molar-refractivity contribution in [1.29, 1.82) is 0 Å². The van der Waals surface area contributed by atoms with E-state index in [-0.39, 0.29) is 6.61 Å². The van der Waals surface area contributed by atoms with Gasteiger partial charge in [-0.1, -0.05) is 46.6 Å². The van der Waals surface area contributed by atoms with Crippen molar-refractivity contribution in [2.45, 2.75) is 6.42 Å². The zero-order valence-corrected chi connectivity index (χ0v) is 9.42. The summed E-state index contributed by atoms with van der Waals surface area (Å²) >= 11 is 17.5. The molecule has 0 aliphatic heterocycles. The molecule has 0 unspecified atom stereocenters. The summed E-state index contributed by atoms with van der Waals surface area (Å²) < 4.78 is 0.